The summed E-state index contributed by atoms with van der Waals surface area (Å²) in [6.45, 7) is 0.791. The SMILES string of the molecule is COc1ccc(CNc2ccc3c(c2)ncn3C2CCCCC2)cc1. The molecule has 1 aliphatic rings. The van der Waals surface area contributed by atoms with Gasteiger partial charge in [0.15, 0.2) is 0 Å². The van der Waals surface area contributed by atoms with Crippen LogP contribution in [0.3, 0.4) is 0 Å². The van der Waals surface area contributed by atoms with E-state index in [-0.39, 0.29) is 0 Å². The smallest absolute Gasteiger partial charge is 0.118 e. The molecule has 2 aromatic carbocycles. The van der Waals surface area contributed by atoms with Gasteiger partial charge in [0.05, 0.1) is 24.5 Å². The average Bonchev–Trinajstić information content (AvgIpc) is 3.10. The summed E-state index contributed by atoms with van der Waals surface area (Å²) in [6.07, 6.45) is 8.64. The normalized spacial score (nSPS) is 15.4. The van der Waals surface area contributed by atoms with Gasteiger partial charge in [-0.3, -0.25) is 0 Å². The number of imidazole rings is 1. The van der Waals surface area contributed by atoms with Crippen molar-refractivity contribution in [3.63, 3.8) is 0 Å². The highest BCUT2D eigenvalue weighted by Crippen LogP contribution is 2.31. The number of aromatic nitrogens is 2. The first-order valence-corrected chi connectivity index (χ1v) is 9.17. The number of ether oxygens (including phenoxy) is 1. The lowest BCUT2D eigenvalue weighted by Crippen LogP contribution is -2.11. The molecule has 3 aromatic rings. The third-order valence-electron chi connectivity index (χ3n) is 5.20. The minimum atomic E-state index is 0.622. The third kappa shape index (κ3) is 3.48. The van der Waals surface area contributed by atoms with Crippen LogP contribution in [0.2, 0.25) is 0 Å². The number of benzene rings is 2. The molecule has 0 spiro atoms. The Kier molecular flexibility index (Phi) is 4.59. The number of fused-ring (bicyclic) bond motifs is 1. The van der Waals surface area contributed by atoms with Crippen molar-refractivity contribution < 1.29 is 4.74 Å². The van der Waals surface area contributed by atoms with Crippen LogP contribution in [0.15, 0.2) is 48.8 Å². The minimum absolute atomic E-state index is 0.622. The highest BCUT2D eigenvalue weighted by molar-refractivity contribution is 5.79. The van der Waals surface area contributed by atoms with Crippen LogP contribution in [0.1, 0.15) is 43.7 Å². The zero-order chi connectivity index (χ0) is 17.1. The molecule has 1 N–H and O–H groups in total. The predicted octanol–water partition coefficient (Wildman–Crippen LogP) is 5.16. The van der Waals surface area contributed by atoms with Crippen molar-refractivity contribution in [3.8, 4) is 5.75 Å². The van der Waals surface area contributed by atoms with Crippen molar-refractivity contribution in [1.82, 2.24) is 9.55 Å². The van der Waals surface area contributed by atoms with Crippen molar-refractivity contribution >= 4 is 16.7 Å². The molecule has 4 nitrogen and oxygen atoms in total. The Bertz CT molecular complexity index is 832. The molecule has 0 bridgehead atoms. The Morgan fingerprint density at radius 2 is 1.88 bits per heavy atom. The van der Waals surface area contributed by atoms with E-state index in [9.17, 15) is 0 Å². The fourth-order valence-corrected chi connectivity index (χ4v) is 3.74. The first kappa shape index (κ1) is 16.0. The van der Waals surface area contributed by atoms with E-state index < -0.39 is 0 Å². The Labute approximate surface area is 148 Å². The molecule has 0 radical (unpaired) electrons. The lowest BCUT2D eigenvalue weighted by Gasteiger charge is -2.23. The summed E-state index contributed by atoms with van der Waals surface area (Å²) in [5.41, 5.74) is 4.66. The van der Waals surface area contributed by atoms with E-state index in [2.05, 4.69) is 45.2 Å². The van der Waals surface area contributed by atoms with Crippen LogP contribution in [0, 0.1) is 0 Å². The molecule has 130 valence electrons. The van der Waals surface area contributed by atoms with Gasteiger partial charge < -0.3 is 14.6 Å². The molecule has 0 aliphatic heterocycles. The Morgan fingerprint density at radius 1 is 1.08 bits per heavy atom. The summed E-state index contributed by atoms with van der Waals surface area (Å²) < 4.78 is 7.58. The van der Waals surface area contributed by atoms with Crippen molar-refractivity contribution in [3.05, 3.63) is 54.4 Å². The molecule has 4 heteroatoms. The molecule has 4 rings (SSSR count). The van der Waals surface area contributed by atoms with Gasteiger partial charge in [-0.25, -0.2) is 4.98 Å². The van der Waals surface area contributed by atoms with E-state index in [0.29, 0.717) is 6.04 Å². The van der Waals surface area contributed by atoms with Crippen molar-refractivity contribution in [2.45, 2.75) is 44.7 Å². The van der Waals surface area contributed by atoms with Crippen LogP contribution in [0.5, 0.6) is 5.75 Å². The summed E-state index contributed by atoms with van der Waals surface area (Å²) in [5.74, 6) is 0.887. The number of methoxy groups -OCH3 is 1. The lowest BCUT2D eigenvalue weighted by molar-refractivity contribution is 0.359. The van der Waals surface area contributed by atoms with Crippen molar-refractivity contribution in [1.29, 1.82) is 0 Å². The van der Waals surface area contributed by atoms with Crippen molar-refractivity contribution in [2.24, 2.45) is 0 Å². The maximum Gasteiger partial charge on any atom is 0.118 e. The van der Waals surface area contributed by atoms with Gasteiger partial charge in [-0.15, -0.1) is 0 Å². The van der Waals surface area contributed by atoms with Crippen LogP contribution in [-0.2, 0) is 6.54 Å². The van der Waals surface area contributed by atoms with Crippen LogP contribution >= 0.6 is 0 Å². The Balaban J connectivity index is 1.47. The van der Waals surface area contributed by atoms with Crippen LogP contribution in [0.25, 0.3) is 11.0 Å². The van der Waals surface area contributed by atoms with Crippen LogP contribution in [-0.4, -0.2) is 16.7 Å². The van der Waals surface area contributed by atoms with Crippen LogP contribution in [0.4, 0.5) is 5.69 Å². The second-order valence-corrected chi connectivity index (χ2v) is 6.85. The van der Waals surface area contributed by atoms with Gasteiger partial charge in [-0.1, -0.05) is 31.4 Å². The minimum Gasteiger partial charge on any atom is -0.497 e. The van der Waals surface area contributed by atoms with Gasteiger partial charge in [-0.2, -0.15) is 0 Å². The monoisotopic (exact) mass is 335 g/mol. The second-order valence-electron chi connectivity index (χ2n) is 6.85. The fourth-order valence-electron chi connectivity index (χ4n) is 3.74. The maximum absolute atomic E-state index is 5.20. The highest BCUT2D eigenvalue weighted by atomic mass is 16.5. The van der Waals surface area contributed by atoms with E-state index in [1.807, 2.05) is 18.5 Å². The molecule has 0 unspecified atom stereocenters. The zero-order valence-corrected chi connectivity index (χ0v) is 14.7. The van der Waals surface area contributed by atoms with E-state index in [1.54, 1.807) is 7.11 Å². The quantitative estimate of drug-likeness (QED) is 0.700. The fraction of sp³-hybridized carbons (Fsp3) is 0.381. The number of anilines is 1. The third-order valence-corrected chi connectivity index (χ3v) is 5.20. The summed E-state index contributed by atoms with van der Waals surface area (Å²) in [6, 6.07) is 15.3. The topological polar surface area (TPSA) is 39.1 Å². The lowest BCUT2D eigenvalue weighted by atomic mass is 9.95. The van der Waals surface area contributed by atoms with Gasteiger partial charge in [0, 0.05) is 18.3 Å². The second kappa shape index (κ2) is 7.18. The van der Waals surface area contributed by atoms with Gasteiger partial charge in [0.25, 0.3) is 0 Å². The first-order chi connectivity index (χ1) is 12.3. The molecular weight excluding hydrogens is 310 g/mol. The highest BCUT2D eigenvalue weighted by Gasteiger charge is 2.17. The number of nitrogens with zero attached hydrogens (tertiary/aromatic N) is 2. The Hall–Kier alpha value is -2.49. The standard InChI is InChI=1S/C21H25N3O/c1-25-19-10-7-16(8-11-19)14-22-17-9-12-21-20(13-17)23-15-24(21)18-5-3-2-4-6-18/h7-13,15,18,22H,2-6,14H2,1H3. The first-order valence-electron chi connectivity index (χ1n) is 9.17. The molecule has 0 amide bonds. The van der Waals surface area contributed by atoms with Gasteiger partial charge in [0.2, 0.25) is 0 Å². The molecule has 0 saturated heterocycles. The molecule has 1 aliphatic carbocycles. The summed E-state index contributed by atoms with van der Waals surface area (Å²) in [5, 5.41) is 3.49. The maximum atomic E-state index is 5.20. The molecule has 0 atom stereocenters. The van der Waals surface area contributed by atoms with Gasteiger partial charge in [0.1, 0.15) is 5.75 Å². The molecule has 1 heterocycles. The van der Waals surface area contributed by atoms with E-state index in [1.165, 1.54) is 43.2 Å². The van der Waals surface area contributed by atoms with Crippen molar-refractivity contribution in [2.75, 3.05) is 12.4 Å². The zero-order valence-electron chi connectivity index (χ0n) is 14.7. The largest absolute Gasteiger partial charge is 0.497 e. The van der Waals surface area contributed by atoms with Gasteiger partial charge in [-0.05, 0) is 48.7 Å². The number of hydrogen-bond acceptors (Lipinski definition) is 3. The molecule has 1 fully saturated rings. The predicted molar refractivity (Wildman–Crippen MR) is 102 cm³/mol. The summed E-state index contributed by atoms with van der Waals surface area (Å²) in [4.78, 5) is 4.64. The van der Waals surface area contributed by atoms with Crippen LogP contribution < -0.4 is 10.1 Å². The summed E-state index contributed by atoms with van der Waals surface area (Å²) in [7, 11) is 1.69. The molecule has 1 aromatic heterocycles. The van der Waals surface area contributed by atoms with E-state index in [4.69, 9.17) is 4.74 Å². The Morgan fingerprint density at radius 3 is 2.64 bits per heavy atom. The van der Waals surface area contributed by atoms with Gasteiger partial charge >= 0.3 is 0 Å². The molecule has 25 heavy (non-hydrogen) atoms. The van der Waals surface area contributed by atoms with E-state index >= 15 is 0 Å². The number of rotatable bonds is 5. The number of hydrogen-bond donors (Lipinski definition) is 1. The average molecular weight is 335 g/mol. The van der Waals surface area contributed by atoms with E-state index in [0.717, 1.165) is 23.5 Å². The number of nitrogens with one attached hydrogen (secondary N) is 1. The molecular formula is C21H25N3O. The molecule has 1 saturated carbocycles. The summed E-state index contributed by atoms with van der Waals surface area (Å²) >= 11 is 0.